The maximum absolute atomic E-state index is 6.55. The lowest BCUT2D eigenvalue weighted by molar-refractivity contribution is 0.415. The third kappa shape index (κ3) is 2.78. The number of nitrogens with zero attached hydrogens (tertiary/aromatic N) is 2. The zero-order valence-electron chi connectivity index (χ0n) is 15.5. The van der Waals surface area contributed by atoms with E-state index in [0.717, 1.165) is 40.1 Å². The molecule has 0 N–H and O–H groups in total. The zero-order valence-corrected chi connectivity index (χ0v) is 16.3. The summed E-state index contributed by atoms with van der Waals surface area (Å²) in [6, 6.07) is 14.5. The number of rotatable bonds is 4. The number of benzene rings is 2. The van der Waals surface area contributed by atoms with Crippen LogP contribution in [0.3, 0.4) is 0 Å². The highest BCUT2D eigenvalue weighted by atomic mass is 35.5. The molecule has 2 heterocycles. The van der Waals surface area contributed by atoms with Crippen molar-refractivity contribution in [2.75, 3.05) is 7.11 Å². The molecule has 1 saturated carbocycles. The minimum Gasteiger partial charge on any atom is -0.497 e. The Morgan fingerprint density at radius 3 is 2.56 bits per heavy atom. The van der Waals surface area contributed by atoms with Crippen LogP contribution in [-0.2, 0) is 6.54 Å². The molecule has 1 aliphatic carbocycles. The lowest BCUT2D eigenvalue weighted by Crippen LogP contribution is -2.02. The van der Waals surface area contributed by atoms with Crippen molar-refractivity contribution in [1.29, 1.82) is 0 Å². The molecule has 2 aromatic heterocycles. The maximum Gasteiger partial charge on any atom is 0.118 e. The SMILES string of the molecule is COc1ccc(-c2cc(Cl)cc3c4ccnc(C)c4n(CC4CC4)c23)cc1. The minimum atomic E-state index is 0.758. The van der Waals surface area contributed by atoms with Gasteiger partial charge in [-0.25, -0.2) is 0 Å². The number of hydrogen-bond donors (Lipinski definition) is 0. The Morgan fingerprint density at radius 1 is 1.07 bits per heavy atom. The molecule has 27 heavy (non-hydrogen) atoms. The summed E-state index contributed by atoms with van der Waals surface area (Å²) in [5.41, 5.74) is 5.87. The maximum atomic E-state index is 6.55. The third-order valence-corrected chi connectivity index (χ3v) is 5.77. The Kier molecular flexibility index (Phi) is 3.87. The predicted octanol–water partition coefficient (Wildman–Crippen LogP) is 6.24. The number of aryl methyl sites for hydroxylation is 1. The summed E-state index contributed by atoms with van der Waals surface area (Å²) in [6.45, 7) is 3.14. The van der Waals surface area contributed by atoms with E-state index >= 15 is 0 Å². The summed E-state index contributed by atoms with van der Waals surface area (Å²) >= 11 is 6.55. The van der Waals surface area contributed by atoms with Crippen molar-refractivity contribution in [2.45, 2.75) is 26.3 Å². The van der Waals surface area contributed by atoms with E-state index in [1.165, 1.54) is 34.6 Å². The standard InChI is InChI=1S/C23H21ClN2O/c1-14-22-19(9-10-25-14)21-12-17(24)11-20(16-5-7-18(27-2)8-6-16)23(21)26(22)13-15-3-4-15/h5-12,15H,3-4,13H2,1-2H3. The topological polar surface area (TPSA) is 27.1 Å². The Morgan fingerprint density at radius 2 is 1.85 bits per heavy atom. The normalized spacial score (nSPS) is 14.2. The van der Waals surface area contributed by atoms with Gasteiger partial charge in [0.1, 0.15) is 5.75 Å². The Bertz CT molecular complexity index is 1160. The van der Waals surface area contributed by atoms with Gasteiger partial charge in [0.2, 0.25) is 0 Å². The second-order valence-electron chi connectivity index (χ2n) is 7.42. The number of hydrogen-bond acceptors (Lipinski definition) is 2. The van der Waals surface area contributed by atoms with Crippen LogP contribution in [0.4, 0.5) is 0 Å². The molecule has 0 unspecified atom stereocenters. The quantitative estimate of drug-likeness (QED) is 0.421. The molecule has 0 amide bonds. The molecule has 0 spiro atoms. The van der Waals surface area contributed by atoms with Crippen LogP contribution in [0.5, 0.6) is 5.75 Å². The lowest BCUT2D eigenvalue weighted by atomic mass is 10.0. The van der Waals surface area contributed by atoms with Crippen LogP contribution >= 0.6 is 11.6 Å². The first-order valence-corrected chi connectivity index (χ1v) is 9.75. The van der Waals surface area contributed by atoms with E-state index in [1.807, 2.05) is 18.3 Å². The Hall–Kier alpha value is -2.52. The van der Waals surface area contributed by atoms with Crippen molar-refractivity contribution in [3.05, 3.63) is 59.4 Å². The fourth-order valence-corrected chi connectivity index (χ4v) is 4.27. The second kappa shape index (κ2) is 6.28. The first-order valence-electron chi connectivity index (χ1n) is 9.37. The van der Waals surface area contributed by atoms with Crippen molar-refractivity contribution >= 4 is 33.4 Å². The van der Waals surface area contributed by atoms with Gasteiger partial charge in [0.05, 0.1) is 23.8 Å². The Balaban J connectivity index is 1.87. The molecular weight excluding hydrogens is 356 g/mol. The van der Waals surface area contributed by atoms with Crippen LogP contribution in [0.15, 0.2) is 48.7 Å². The second-order valence-corrected chi connectivity index (χ2v) is 7.86. The van der Waals surface area contributed by atoms with Gasteiger partial charge >= 0.3 is 0 Å². The number of pyridine rings is 1. The van der Waals surface area contributed by atoms with E-state index in [-0.39, 0.29) is 0 Å². The molecule has 5 rings (SSSR count). The van der Waals surface area contributed by atoms with Crippen molar-refractivity contribution in [1.82, 2.24) is 9.55 Å². The molecule has 3 nitrogen and oxygen atoms in total. The van der Waals surface area contributed by atoms with Crippen molar-refractivity contribution in [3.8, 4) is 16.9 Å². The summed E-state index contributed by atoms with van der Waals surface area (Å²) in [7, 11) is 1.69. The molecule has 0 aliphatic heterocycles. The van der Waals surface area contributed by atoms with Gasteiger partial charge < -0.3 is 9.30 Å². The third-order valence-electron chi connectivity index (χ3n) is 5.55. The van der Waals surface area contributed by atoms with E-state index in [0.29, 0.717) is 0 Å². The van der Waals surface area contributed by atoms with E-state index in [9.17, 15) is 0 Å². The van der Waals surface area contributed by atoms with E-state index in [2.05, 4.69) is 46.8 Å². The average Bonchev–Trinajstić information content (AvgIpc) is 3.44. The summed E-state index contributed by atoms with van der Waals surface area (Å²) in [4.78, 5) is 4.57. The van der Waals surface area contributed by atoms with Crippen molar-refractivity contribution in [2.24, 2.45) is 5.92 Å². The summed E-state index contributed by atoms with van der Waals surface area (Å²) in [6.07, 6.45) is 4.52. The first kappa shape index (κ1) is 16.6. The van der Waals surface area contributed by atoms with Gasteiger partial charge in [0.15, 0.2) is 0 Å². The van der Waals surface area contributed by atoms with Gasteiger partial charge in [0, 0.05) is 34.1 Å². The van der Waals surface area contributed by atoms with Crippen molar-refractivity contribution < 1.29 is 4.74 Å². The number of fused-ring (bicyclic) bond motifs is 3. The van der Waals surface area contributed by atoms with Crippen LogP contribution in [0.2, 0.25) is 5.02 Å². The average molecular weight is 377 g/mol. The molecular formula is C23H21ClN2O. The fraction of sp³-hybridized carbons (Fsp3) is 0.261. The van der Waals surface area contributed by atoms with Crippen LogP contribution in [0.1, 0.15) is 18.5 Å². The van der Waals surface area contributed by atoms with Gasteiger partial charge in [-0.05, 0) is 61.6 Å². The largest absolute Gasteiger partial charge is 0.497 e. The Labute approximate surface area is 163 Å². The highest BCUT2D eigenvalue weighted by Gasteiger charge is 2.25. The summed E-state index contributed by atoms with van der Waals surface area (Å²) in [5, 5.41) is 3.19. The van der Waals surface area contributed by atoms with Crippen LogP contribution in [-0.4, -0.2) is 16.7 Å². The van der Waals surface area contributed by atoms with E-state index < -0.39 is 0 Å². The summed E-state index contributed by atoms with van der Waals surface area (Å²) < 4.78 is 7.80. The van der Waals surface area contributed by atoms with Gasteiger partial charge in [0.25, 0.3) is 0 Å². The van der Waals surface area contributed by atoms with Crippen molar-refractivity contribution in [3.63, 3.8) is 0 Å². The lowest BCUT2D eigenvalue weighted by Gasteiger charge is -2.12. The number of aromatic nitrogens is 2. The number of ether oxygens (including phenoxy) is 1. The molecule has 1 aliphatic rings. The van der Waals surface area contributed by atoms with Gasteiger partial charge in [-0.2, -0.15) is 0 Å². The van der Waals surface area contributed by atoms with Crippen LogP contribution in [0.25, 0.3) is 32.9 Å². The number of halogens is 1. The number of methoxy groups -OCH3 is 1. The smallest absolute Gasteiger partial charge is 0.118 e. The van der Waals surface area contributed by atoms with E-state index in [1.54, 1.807) is 7.11 Å². The van der Waals surface area contributed by atoms with E-state index in [4.69, 9.17) is 16.3 Å². The molecule has 4 aromatic rings. The molecule has 4 heteroatoms. The fourth-order valence-electron chi connectivity index (χ4n) is 4.06. The molecule has 136 valence electrons. The van der Waals surface area contributed by atoms with Gasteiger partial charge in [-0.1, -0.05) is 23.7 Å². The molecule has 0 atom stereocenters. The molecule has 1 fully saturated rings. The first-order chi connectivity index (χ1) is 13.2. The highest BCUT2D eigenvalue weighted by molar-refractivity contribution is 6.32. The molecule has 0 saturated heterocycles. The highest BCUT2D eigenvalue weighted by Crippen LogP contribution is 2.41. The molecule has 2 aromatic carbocycles. The van der Waals surface area contributed by atoms with Crippen LogP contribution < -0.4 is 4.74 Å². The van der Waals surface area contributed by atoms with Gasteiger partial charge in [-0.3, -0.25) is 4.98 Å². The monoisotopic (exact) mass is 376 g/mol. The minimum absolute atomic E-state index is 0.758. The zero-order chi connectivity index (χ0) is 18.5. The van der Waals surface area contributed by atoms with Gasteiger partial charge in [-0.15, -0.1) is 0 Å². The molecule has 0 bridgehead atoms. The predicted molar refractivity (Wildman–Crippen MR) is 112 cm³/mol. The summed E-state index contributed by atoms with van der Waals surface area (Å²) in [5.74, 6) is 1.62. The van der Waals surface area contributed by atoms with Crippen LogP contribution in [0, 0.1) is 12.8 Å². The molecule has 0 radical (unpaired) electrons.